The molecule has 23 heteroatoms. The van der Waals surface area contributed by atoms with Gasteiger partial charge in [-0.15, -0.1) is 0 Å². The van der Waals surface area contributed by atoms with Gasteiger partial charge in [-0.1, -0.05) is 474 Å². The molecule has 0 aliphatic rings. The Kier molecular flexibility index (Phi) is 24.8. The minimum atomic E-state index is -0.999. The normalized spacial score (nSPS) is 16.6. The summed E-state index contributed by atoms with van der Waals surface area (Å²) in [6.45, 7) is 0. The maximum Gasteiger partial charge on any atom is 0.332 e. The molecular weight excluding hydrogens is 2830 g/mol. The Morgan fingerprint density at radius 2 is 0.529 bits per heavy atom. The van der Waals surface area contributed by atoms with Crippen LogP contribution in [-0.4, -0.2) is 23.4 Å². The van der Waals surface area contributed by atoms with Gasteiger partial charge in [-0.3, -0.25) is 0 Å². The van der Waals surface area contributed by atoms with Crippen LogP contribution >= 0.6 is 474 Å². The number of carboxylic acids is 1. The minimum Gasteiger partial charge on any atom is -0.480 e. The fourth-order valence-corrected chi connectivity index (χ4v) is 33.0. The fourth-order valence-electron chi connectivity index (χ4n) is 1.69. The zero-order chi connectivity index (χ0) is 28.6. The summed E-state index contributed by atoms with van der Waals surface area (Å²) in [5, 5.41) is 10.1. The second-order valence-corrected chi connectivity index (χ2v) is 64.7. The fraction of sp³-hybridized carbons (Fsp3) is 0.909. The number of rotatable bonds is 10. The van der Waals surface area contributed by atoms with Crippen molar-refractivity contribution in [1.82, 2.24) is 0 Å². The van der Waals surface area contributed by atoms with Crippen LogP contribution in [0.1, 0.15) is 0 Å². The Labute approximate surface area is 486 Å². The second kappa shape index (κ2) is 17.3. The summed E-state index contributed by atoms with van der Waals surface area (Å²) in [5.74, 6) is -0.806. The molecular formula is C11HI21O2. The molecule has 0 fully saturated rings. The summed E-state index contributed by atoms with van der Waals surface area (Å²) in [7, 11) is 0. The van der Waals surface area contributed by atoms with E-state index in [1.807, 2.05) is 0 Å². The Hall–Kier alpha value is 14.8. The first-order valence-electron chi connectivity index (χ1n) is 6.90. The molecule has 2 nitrogen and oxygen atoms in total. The van der Waals surface area contributed by atoms with Crippen LogP contribution in [0.5, 0.6) is 0 Å². The maximum absolute atomic E-state index is 12.3. The molecule has 0 heterocycles. The third kappa shape index (κ3) is 9.47. The van der Waals surface area contributed by atoms with E-state index in [0.29, 0.717) is 0 Å². The lowest BCUT2D eigenvalue weighted by atomic mass is 10.1. The predicted molar refractivity (Wildman–Crippen MR) is 329 cm³/mol. The molecule has 0 aromatic heterocycles. The molecule has 0 bridgehead atoms. The first-order valence-corrected chi connectivity index (χ1v) is 29.6. The number of hydrogen-bond donors (Lipinski definition) is 1. The molecule has 0 radical (unpaired) electrons. The van der Waals surface area contributed by atoms with Crippen molar-refractivity contribution in [3.63, 3.8) is 0 Å². The number of alkyl halides is 21. The zero-order valence-corrected chi connectivity index (χ0v) is 59.6. The highest BCUT2D eigenvalue weighted by Crippen LogP contribution is 2.81. The van der Waals surface area contributed by atoms with Crippen LogP contribution < -0.4 is 0 Å². The lowest BCUT2D eigenvalue weighted by Gasteiger charge is -2.59. The molecule has 0 unspecified atom stereocenters. The predicted octanol–water partition coefficient (Wildman–Crippen LogP) is 16.1. The van der Waals surface area contributed by atoms with Gasteiger partial charge in [0.25, 0.3) is 0 Å². The van der Waals surface area contributed by atoms with Crippen molar-refractivity contribution in [3.05, 3.63) is 0 Å². The van der Waals surface area contributed by atoms with E-state index in [4.69, 9.17) is 0 Å². The van der Waals surface area contributed by atoms with Gasteiger partial charge in [-0.2, -0.15) is 0 Å². The molecule has 0 aromatic carbocycles. The van der Waals surface area contributed by atoms with E-state index in [0.717, 1.165) is 0 Å². The molecule has 0 saturated carbocycles. The highest BCUT2D eigenvalue weighted by Gasteiger charge is 2.79. The maximum atomic E-state index is 12.3. The minimum absolute atomic E-state index is 0.0148. The molecule has 1 N–H and O–H groups in total. The smallest absolute Gasteiger partial charge is 0.332 e. The topological polar surface area (TPSA) is 37.3 Å². The van der Waals surface area contributed by atoms with E-state index in [1.54, 1.807) is 0 Å². The number of halogens is 21. The van der Waals surface area contributed by atoms with Crippen LogP contribution in [0.2, 0.25) is 0 Å². The number of aliphatic carboxylic acids is 1. The monoisotopic (exact) mass is 2830 g/mol. The van der Waals surface area contributed by atoms with Crippen LogP contribution in [-0.2, 0) is 4.79 Å². The molecule has 0 amide bonds. The van der Waals surface area contributed by atoms with Gasteiger partial charge in [0, 0.05) is 0 Å². The Morgan fingerprint density at radius 3 is 0.706 bits per heavy atom. The third-order valence-electron chi connectivity index (χ3n) is 3.78. The molecule has 0 aliphatic heterocycles. The molecule has 34 heavy (non-hydrogen) atoms. The van der Waals surface area contributed by atoms with Crippen LogP contribution in [0, 0.1) is 0 Å². The van der Waals surface area contributed by atoms with Crippen molar-refractivity contribution in [3.8, 4) is 0 Å². The van der Waals surface area contributed by atoms with Gasteiger partial charge in [0.2, 0.25) is 0 Å². The van der Waals surface area contributed by atoms with Gasteiger partial charge in [0.05, 0.1) is 0 Å². The van der Waals surface area contributed by atoms with Crippen molar-refractivity contribution in [2.24, 2.45) is 0 Å². The highest BCUT2D eigenvalue weighted by atomic mass is 127. The van der Waals surface area contributed by atoms with E-state index in [9.17, 15) is 9.90 Å². The summed E-state index contributed by atoms with van der Waals surface area (Å²) >= 11 is 53.5. The number of hydrogen-bond acceptors (Lipinski definition) is 1. The standard InChI is InChI=1S/C11HI21O2/c12-2(13,1(33)34)3(14,15)4(16,17)5(18,19)6(20,21)7(22,23)8(24,25)9(26,27)10(28,29)11(30,31)32/h(H,33,34). The second-order valence-electron chi connectivity index (χ2n) is 5.97. The Bertz CT molecular complexity index is 789. The lowest BCUT2D eigenvalue weighted by molar-refractivity contribution is -0.136. The molecule has 0 spiro atoms. The van der Waals surface area contributed by atoms with Gasteiger partial charge >= 0.3 is 5.97 Å². The average Bonchev–Trinajstić information content (AvgIpc) is 2.58. The summed E-state index contributed by atoms with van der Waals surface area (Å²) in [5.41, 5.74) is 0. The summed E-state index contributed by atoms with van der Waals surface area (Å²) < 4.78 is -3.45. The number of carboxylic acid groups (broad SMARTS) is 1. The van der Waals surface area contributed by atoms with E-state index in [-0.39, 0.29) is 8.01 Å². The van der Waals surface area contributed by atoms with Crippen molar-refractivity contribution >= 4 is 480 Å². The van der Waals surface area contributed by atoms with E-state index >= 15 is 0 Å². The SMILES string of the molecule is O=C(O)C(I)(I)C(I)(I)C(I)(I)C(I)(I)C(I)(I)C(I)(I)C(I)(I)C(I)(I)C(I)(I)C(I)(I)I. The first-order chi connectivity index (χ1) is 14.2. The van der Waals surface area contributed by atoms with Crippen LogP contribution in [0.3, 0.4) is 0 Å². The molecule has 204 valence electrons. The molecule has 0 aromatic rings. The van der Waals surface area contributed by atoms with E-state index < -0.39 is 10.3 Å². The van der Waals surface area contributed by atoms with Gasteiger partial charge in [-0.25, -0.2) is 4.79 Å². The van der Waals surface area contributed by atoms with Crippen molar-refractivity contribution < 1.29 is 9.90 Å². The van der Waals surface area contributed by atoms with Crippen molar-refractivity contribution in [2.45, 2.75) is 12.3 Å². The zero-order valence-electron chi connectivity index (χ0n) is 14.3. The molecule has 0 saturated heterocycles. The third-order valence-corrected chi connectivity index (χ3v) is 73.9. The average molecular weight is 2830 g/mol. The van der Waals surface area contributed by atoms with Gasteiger partial charge < -0.3 is 5.11 Å². The molecule has 0 rings (SSSR count). The Morgan fingerprint density at radius 1 is 0.353 bits per heavy atom. The number of carbonyl (C=O) groups is 1. The largest absolute Gasteiger partial charge is 0.480 e. The summed E-state index contributed by atoms with van der Waals surface area (Å²) in [6.07, 6.45) is 0. The van der Waals surface area contributed by atoms with Crippen molar-refractivity contribution in [2.75, 3.05) is 0 Å². The van der Waals surface area contributed by atoms with E-state index in [1.165, 1.54) is 0 Å². The van der Waals surface area contributed by atoms with E-state index in [2.05, 4.69) is 474 Å². The summed E-state index contributed by atoms with van der Waals surface area (Å²) in [4.78, 5) is 12.3. The summed E-state index contributed by atoms with van der Waals surface area (Å²) in [6, 6.07) is 0. The highest BCUT2D eigenvalue weighted by molar-refractivity contribution is 14.3. The van der Waals surface area contributed by atoms with Gasteiger partial charge in [-0.05, 0) is 0 Å². The molecule has 0 atom stereocenters. The van der Waals surface area contributed by atoms with Crippen molar-refractivity contribution in [1.29, 1.82) is 0 Å². The lowest BCUT2D eigenvalue weighted by Crippen LogP contribution is -2.70. The quantitative estimate of drug-likeness (QED) is 0.175. The van der Waals surface area contributed by atoms with Crippen LogP contribution in [0.15, 0.2) is 0 Å². The first kappa shape index (κ1) is 48.8. The molecule has 0 aliphatic carbocycles. The van der Waals surface area contributed by atoms with Gasteiger partial charge in [0.1, 0.15) is 10.9 Å². The Balaban J connectivity index is 7.11. The van der Waals surface area contributed by atoms with Crippen LogP contribution in [0.25, 0.3) is 0 Å². The van der Waals surface area contributed by atoms with Crippen LogP contribution in [0.4, 0.5) is 0 Å². The van der Waals surface area contributed by atoms with Gasteiger partial charge in [0.15, 0.2) is 1.43 Å².